The van der Waals surface area contributed by atoms with Gasteiger partial charge in [0.1, 0.15) is 12.4 Å². The van der Waals surface area contributed by atoms with E-state index in [-0.39, 0.29) is 0 Å². The van der Waals surface area contributed by atoms with Crippen molar-refractivity contribution >= 4 is 10.8 Å². The maximum atomic E-state index is 5.82. The smallest absolute Gasteiger partial charge is 0.120 e. The average molecular weight is 248 g/mol. The van der Waals surface area contributed by atoms with Crippen LogP contribution >= 0.6 is 0 Å². The van der Waals surface area contributed by atoms with E-state index in [4.69, 9.17) is 4.74 Å². The highest BCUT2D eigenvalue weighted by Crippen LogP contribution is 2.18. The monoisotopic (exact) mass is 248 g/mol. The summed E-state index contributed by atoms with van der Waals surface area (Å²) in [5.41, 5.74) is 2.41. The summed E-state index contributed by atoms with van der Waals surface area (Å²) in [6.45, 7) is 2.68. The van der Waals surface area contributed by atoms with Crippen LogP contribution in [0.4, 0.5) is 0 Å². The molecule has 0 aromatic heterocycles. The van der Waals surface area contributed by atoms with Crippen molar-refractivity contribution in [1.29, 1.82) is 0 Å². The van der Waals surface area contributed by atoms with Gasteiger partial charge in [0.15, 0.2) is 0 Å². The maximum Gasteiger partial charge on any atom is 0.120 e. The molecule has 0 aliphatic rings. The van der Waals surface area contributed by atoms with E-state index in [9.17, 15) is 0 Å². The number of fused-ring (bicyclic) bond motifs is 1. The van der Waals surface area contributed by atoms with E-state index in [1.807, 2.05) is 12.1 Å². The van der Waals surface area contributed by atoms with Gasteiger partial charge in [-0.15, -0.1) is 0 Å². The molecule has 3 rings (SSSR count). The molecule has 0 aliphatic carbocycles. The van der Waals surface area contributed by atoms with E-state index < -0.39 is 0 Å². The summed E-state index contributed by atoms with van der Waals surface area (Å²) in [6, 6.07) is 23.0. The Balaban J connectivity index is 1.78. The van der Waals surface area contributed by atoms with Crippen molar-refractivity contribution in [2.24, 2.45) is 0 Å². The molecule has 0 saturated heterocycles. The molecule has 3 aromatic carbocycles. The van der Waals surface area contributed by atoms with Gasteiger partial charge in [-0.3, -0.25) is 0 Å². The van der Waals surface area contributed by atoms with E-state index in [1.54, 1.807) is 0 Å². The first-order chi connectivity index (χ1) is 9.31. The Morgan fingerprint density at radius 3 is 2.47 bits per heavy atom. The third-order valence-electron chi connectivity index (χ3n) is 3.21. The molecule has 0 amide bonds. The van der Waals surface area contributed by atoms with Gasteiger partial charge in [0.2, 0.25) is 0 Å². The van der Waals surface area contributed by atoms with Crippen LogP contribution < -0.4 is 4.74 Å². The Labute approximate surface area is 113 Å². The van der Waals surface area contributed by atoms with E-state index in [0.29, 0.717) is 6.61 Å². The second-order valence-electron chi connectivity index (χ2n) is 4.79. The van der Waals surface area contributed by atoms with Crippen LogP contribution in [0.25, 0.3) is 10.8 Å². The van der Waals surface area contributed by atoms with Crippen LogP contribution in [-0.2, 0) is 6.61 Å². The minimum Gasteiger partial charge on any atom is -0.489 e. The third kappa shape index (κ3) is 2.76. The topological polar surface area (TPSA) is 9.23 Å². The molecule has 0 unspecified atom stereocenters. The van der Waals surface area contributed by atoms with Crippen molar-refractivity contribution < 1.29 is 4.74 Å². The van der Waals surface area contributed by atoms with Gasteiger partial charge in [-0.1, -0.05) is 48.5 Å². The SMILES string of the molecule is Cc1cccc(OCc2ccc3ccccc3c2)c1. The highest BCUT2D eigenvalue weighted by atomic mass is 16.5. The van der Waals surface area contributed by atoms with Crippen LogP contribution in [0, 0.1) is 6.92 Å². The van der Waals surface area contributed by atoms with Crippen LogP contribution in [-0.4, -0.2) is 0 Å². The summed E-state index contributed by atoms with van der Waals surface area (Å²) in [7, 11) is 0. The number of rotatable bonds is 3. The molecule has 19 heavy (non-hydrogen) atoms. The fourth-order valence-corrected chi connectivity index (χ4v) is 2.20. The lowest BCUT2D eigenvalue weighted by atomic mass is 10.1. The molecule has 0 heterocycles. The summed E-state index contributed by atoms with van der Waals surface area (Å²) in [5.74, 6) is 0.924. The molecule has 94 valence electrons. The molecule has 0 aliphatic heterocycles. The van der Waals surface area contributed by atoms with Crippen LogP contribution in [0.5, 0.6) is 5.75 Å². The van der Waals surface area contributed by atoms with E-state index in [0.717, 1.165) is 5.75 Å². The standard InChI is InChI=1S/C18H16O/c1-14-5-4-8-18(11-14)19-13-15-9-10-16-6-2-3-7-17(16)12-15/h2-12H,13H2,1H3. The Bertz CT molecular complexity index is 701. The van der Waals surface area contributed by atoms with Crippen molar-refractivity contribution in [2.75, 3.05) is 0 Å². The first-order valence-corrected chi connectivity index (χ1v) is 6.48. The molecule has 0 bridgehead atoms. The van der Waals surface area contributed by atoms with Crippen molar-refractivity contribution in [3.63, 3.8) is 0 Å². The number of hydrogen-bond acceptors (Lipinski definition) is 1. The molecule has 3 aromatic rings. The molecule has 0 fully saturated rings. The minimum atomic E-state index is 0.605. The van der Waals surface area contributed by atoms with Crippen LogP contribution in [0.2, 0.25) is 0 Å². The lowest BCUT2D eigenvalue weighted by molar-refractivity contribution is 0.306. The third-order valence-corrected chi connectivity index (χ3v) is 3.21. The van der Waals surface area contributed by atoms with Crippen LogP contribution in [0.3, 0.4) is 0 Å². The van der Waals surface area contributed by atoms with E-state index >= 15 is 0 Å². The molecule has 0 spiro atoms. The normalized spacial score (nSPS) is 10.6. The largest absolute Gasteiger partial charge is 0.489 e. The molecule has 0 saturated carbocycles. The Morgan fingerprint density at radius 2 is 1.63 bits per heavy atom. The lowest BCUT2D eigenvalue weighted by Gasteiger charge is -2.08. The molecular weight excluding hydrogens is 232 g/mol. The van der Waals surface area contributed by atoms with Gasteiger partial charge >= 0.3 is 0 Å². The molecule has 0 N–H and O–H groups in total. The number of hydrogen-bond donors (Lipinski definition) is 0. The maximum absolute atomic E-state index is 5.82. The first kappa shape index (κ1) is 11.8. The average Bonchev–Trinajstić information content (AvgIpc) is 2.45. The molecule has 0 atom stereocenters. The number of aryl methyl sites for hydroxylation is 1. The van der Waals surface area contributed by atoms with Crippen molar-refractivity contribution in [3.8, 4) is 5.75 Å². The van der Waals surface area contributed by atoms with Gasteiger partial charge < -0.3 is 4.74 Å². The van der Waals surface area contributed by atoms with Gasteiger partial charge in [-0.05, 0) is 47.0 Å². The Morgan fingerprint density at radius 1 is 0.789 bits per heavy atom. The van der Waals surface area contributed by atoms with Crippen molar-refractivity contribution in [2.45, 2.75) is 13.5 Å². The van der Waals surface area contributed by atoms with Gasteiger partial charge in [-0.25, -0.2) is 0 Å². The highest BCUT2D eigenvalue weighted by Gasteiger charge is 1.98. The summed E-state index contributed by atoms with van der Waals surface area (Å²) >= 11 is 0. The van der Waals surface area contributed by atoms with Crippen LogP contribution in [0.15, 0.2) is 66.7 Å². The fraction of sp³-hybridized carbons (Fsp3) is 0.111. The van der Waals surface area contributed by atoms with Crippen molar-refractivity contribution in [3.05, 3.63) is 77.9 Å². The highest BCUT2D eigenvalue weighted by molar-refractivity contribution is 5.82. The summed E-state index contributed by atoms with van der Waals surface area (Å²) < 4.78 is 5.82. The molecular formula is C18H16O. The number of ether oxygens (including phenoxy) is 1. The second-order valence-corrected chi connectivity index (χ2v) is 4.79. The van der Waals surface area contributed by atoms with Gasteiger partial charge in [0, 0.05) is 0 Å². The molecule has 1 heteroatoms. The molecule has 1 nitrogen and oxygen atoms in total. The zero-order chi connectivity index (χ0) is 13.1. The summed E-state index contributed by atoms with van der Waals surface area (Å²) in [4.78, 5) is 0. The summed E-state index contributed by atoms with van der Waals surface area (Å²) in [5, 5.41) is 2.52. The van der Waals surface area contributed by atoms with Gasteiger partial charge in [-0.2, -0.15) is 0 Å². The van der Waals surface area contributed by atoms with Crippen LogP contribution in [0.1, 0.15) is 11.1 Å². The Kier molecular flexibility index (Phi) is 3.20. The van der Waals surface area contributed by atoms with E-state index in [2.05, 4.69) is 61.5 Å². The quantitative estimate of drug-likeness (QED) is 0.651. The number of benzene rings is 3. The fourth-order valence-electron chi connectivity index (χ4n) is 2.20. The predicted octanol–water partition coefficient (Wildman–Crippen LogP) is 4.73. The zero-order valence-corrected chi connectivity index (χ0v) is 11.0. The van der Waals surface area contributed by atoms with E-state index in [1.165, 1.54) is 21.9 Å². The van der Waals surface area contributed by atoms with Crippen molar-refractivity contribution in [1.82, 2.24) is 0 Å². The van der Waals surface area contributed by atoms with Gasteiger partial charge in [0.05, 0.1) is 0 Å². The first-order valence-electron chi connectivity index (χ1n) is 6.48. The zero-order valence-electron chi connectivity index (χ0n) is 11.0. The van der Waals surface area contributed by atoms with Gasteiger partial charge in [0.25, 0.3) is 0 Å². The predicted molar refractivity (Wildman–Crippen MR) is 79.5 cm³/mol. The minimum absolute atomic E-state index is 0.605. The lowest BCUT2D eigenvalue weighted by Crippen LogP contribution is -1.95. The second kappa shape index (κ2) is 5.15. The summed E-state index contributed by atoms with van der Waals surface area (Å²) in [6.07, 6.45) is 0. The Hall–Kier alpha value is -2.28. The molecule has 0 radical (unpaired) electrons.